The lowest BCUT2D eigenvalue weighted by Gasteiger charge is -2.11. The molecule has 1 rings (SSSR count). The molecule has 1 aromatic carbocycles. The fourth-order valence-electron chi connectivity index (χ4n) is 1.18. The smallest absolute Gasteiger partial charge is 0.0793 e. The van der Waals surface area contributed by atoms with Crippen LogP contribution in [0.4, 0.5) is 0 Å². The molecule has 0 fully saturated rings. The number of ether oxygens (including phenoxy) is 1. The van der Waals surface area contributed by atoms with Crippen LogP contribution in [0, 0.1) is 0 Å². The Hall–Kier alpha value is -0.860. The fourth-order valence-corrected chi connectivity index (χ4v) is 1.18. The Balaban J connectivity index is 2.81. The van der Waals surface area contributed by atoms with Gasteiger partial charge in [0.15, 0.2) is 0 Å². The molecule has 0 aromatic heterocycles. The third kappa shape index (κ3) is 2.54. The Bertz CT molecular complexity index is 251. The Morgan fingerprint density at radius 2 is 1.54 bits per heavy atom. The Kier molecular flexibility index (Phi) is 3.46. The highest BCUT2D eigenvalue weighted by molar-refractivity contribution is 5.25. The number of aliphatic hydroxyl groups is 1. The molecule has 72 valence electrons. The topological polar surface area (TPSA) is 29.5 Å². The van der Waals surface area contributed by atoms with Gasteiger partial charge in [0.05, 0.1) is 12.2 Å². The predicted molar refractivity (Wildman–Crippen MR) is 52.5 cm³/mol. The third-order valence-corrected chi connectivity index (χ3v) is 2.24. The van der Waals surface area contributed by atoms with E-state index >= 15 is 0 Å². The minimum absolute atomic E-state index is 0.114. The van der Waals surface area contributed by atoms with Gasteiger partial charge >= 0.3 is 0 Å². The van der Waals surface area contributed by atoms with Gasteiger partial charge < -0.3 is 9.84 Å². The standard InChI is InChI=1S/C11H16O2/c1-8(12)10-4-6-11(7-5-10)9(2)13-3/h4-9,12H,1-3H3/t8-,9-/m0/s1. The van der Waals surface area contributed by atoms with E-state index in [2.05, 4.69) is 0 Å². The normalized spacial score (nSPS) is 15.4. The molecule has 1 N–H and O–H groups in total. The minimum Gasteiger partial charge on any atom is -0.389 e. The summed E-state index contributed by atoms with van der Waals surface area (Å²) in [5.41, 5.74) is 2.07. The molecule has 13 heavy (non-hydrogen) atoms. The second-order valence-electron chi connectivity index (χ2n) is 3.22. The Morgan fingerprint density at radius 3 is 1.92 bits per heavy atom. The molecular formula is C11H16O2. The molecular weight excluding hydrogens is 164 g/mol. The van der Waals surface area contributed by atoms with Crippen LogP contribution < -0.4 is 0 Å². The van der Waals surface area contributed by atoms with Crippen LogP contribution >= 0.6 is 0 Å². The second-order valence-corrected chi connectivity index (χ2v) is 3.22. The van der Waals surface area contributed by atoms with Crippen molar-refractivity contribution in [2.24, 2.45) is 0 Å². The SMILES string of the molecule is CO[C@@H](C)c1ccc([C@H](C)O)cc1. The molecule has 0 saturated heterocycles. The summed E-state index contributed by atoms with van der Waals surface area (Å²) in [7, 11) is 1.69. The monoisotopic (exact) mass is 180 g/mol. The van der Waals surface area contributed by atoms with Gasteiger partial charge in [0, 0.05) is 7.11 Å². The van der Waals surface area contributed by atoms with Gasteiger partial charge in [-0.3, -0.25) is 0 Å². The largest absolute Gasteiger partial charge is 0.389 e. The zero-order valence-electron chi connectivity index (χ0n) is 8.32. The molecule has 1 aromatic rings. The molecule has 0 aliphatic carbocycles. The summed E-state index contributed by atoms with van der Waals surface area (Å²) in [6.07, 6.45) is -0.282. The number of aliphatic hydroxyl groups excluding tert-OH is 1. The predicted octanol–water partition coefficient (Wildman–Crippen LogP) is 2.45. The first-order valence-electron chi connectivity index (χ1n) is 4.46. The van der Waals surface area contributed by atoms with Gasteiger partial charge in [-0.05, 0) is 25.0 Å². The average Bonchev–Trinajstić information content (AvgIpc) is 2.17. The van der Waals surface area contributed by atoms with E-state index in [-0.39, 0.29) is 6.10 Å². The van der Waals surface area contributed by atoms with Crippen LogP contribution in [0.25, 0.3) is 0 Å². The van der Waals surface area contributed by atoms with E-state index in [4.69, 9.17) is 4.74 Å². The summed E-state index contributed by atoms with van der Waals surface area (Å²) >= 11 is 0. The van der Waals surface area contributed by atoms with Crippen LogP contribution in [0.1, 0.15) is 37.2 Å². The number of hydrogen-bond acceptors (Lipinski definition) is 2. The maximum absolute atomic E-state index is 9.28. The van der Waals surface area contributed by atoms with Crippen molar-refractivity contribution in [3.05, 3.63) is 35.4 Å². The number of methoxy groups -OCH3 is 1. The van der Waals surface area contributed by atoms with Gasteiger partial charge in [0.25, 0.3) is 0 Å². The maximum Gasteiger partial charge on any atom is 0.0793 e. The summed E-state index contributed by atoms with van der Waals surface area (Å²) in [6, 6.07) is 7.82. The molecule has 0 aliphatic heterocycles. The van der Waals surface area contributed by atoms with Gasteiger partial charge in [0.1, 0.15) is 0 Å². The van der Waals surface area contributed by atoms with Crippen LogP contribution in [-0.4, -0.2) is 12.2 Å². The molecule has 0 heterocycles. The minimum atomic E-state index is -0.396. The second kappa shape index (κ2) is 4.40. The van der Waals surface area contributed by atoms with E-state index in [0.717, 1.165) is 11.1 Å². The molecule has 2 nitrogen and oxygen atoms in total. The Labute approximate surface area is 79.2 Å². The number of rotatable bonds is 3. The molecule has 0 aliphatic rings. The van der Waals surface area contributed by atoms with Crippen LogP contribution in [0.15, 0.2) is 24.3 Å². The van der Waals surface area contributed by atoms with Crippen molar-refractivity contribution >= 4 is 0 Å². The summed E-state index contributed by atoms with van der Waals surface area (Å²) < 4.78 is 5.17. The van der Waals surface area contributed by atoms with Crippen molar-refractivity contribution in [1.82, 2.24) is 0 Å². The summed E-state index contributed by atoms with van der Waals surface area (Å²) in [5.74, 6) is 0. The van der Waals surface area contributed by atoms with Crippen molar-refractivity contribution in [1.29, 1.82) is 0 Å². The molecule has 2 heteroatoms. The van der Waals surface area contributed by atoms with E-state index in [1.54, 1.807) is 14.0 Å². The van der Waals surface area contributed by atoms with Crippen molar-refractivity contribution in [3.63, 3.8) is 0 Å². The lowest BCUT2D eigenvalue weighted by Crippen LogP contribution is -1.97. The molecule has 0 bridgehead atoms. The fraction of sp³-hybridized carbons (Fsp3) is 0.455. The molecule has 0 unspecified atom stereocenters. The first-order chi connectivity index (χ1) is 6.15. The molecule has 2 atom stereocenters. The van der Waals surface area contributed by atoms with E-state index in [0.29, 0.717) is 0 Å². The highest BCUT2D eigenvalue weighted by Crippen LogP contribution is 2.18. The average molecular weight is 180 g/mol. The van der Waals surface area contributed by atoms with E-state index in [9.17, 15) is 5.11 Å². The van der Waals surface area contributed by atoms with Crippen molar-refractivity contribution in [2.75, 3.05) is 7.11 Å². The van der Waals surface area contributed by atoms with Gasteiger partial charge in [-0.1, -0.05) is 24.3 Å². The van der Waals surface area contributed by atoms with Gasteiger partial charge in [-0.2, -0.15) is 0 Å². The lowest BCUT2D eigenvalue weighted by molar-refractivity contribution is 0.119. The summed E-state index contributed by atoms with van der Waals surface area (Å²) in [5, 5.41) is 9.28. The zero-order valence-corrected chi connectivity index (χ0v) is 8.32. The van der Waals surface area contributed by atoms with Gasteiger partial charge in [0.2, 0.25) is 0 Å². The molecule has 0 amide bonds. The van der Waals surface area contributed by atoms with Crippen molar-refractivity contribution < 1.29 is 9.84 Å². The van der Waals surface area contributed by atoms with Gasteiger partial charge in [-0.25, -0.2) is 0 Å². The van der Waals surface area contributed by atoms with Crippen LogP contribution in [-0.2, 0) is 4.74 Å². The molecule has 0 spiro atoms. The van der Waals surface area contributed by atoms with Gasteiger partial charge in [-0.15, -0.1) is 0 Å². The van der Waals surface area contributed by atoms with Crippen LogP contribution in [0.3, 0.4) is 0 Å². The third-order valence-electron chi connectivity index (χ3n) is 2.24. The maximum atomic E-state index is 9.28. The quantitative estimate of drug-likeness (QED) is 0.774. The van der Waals surface area contributed by atoms with Crippen LogP contribution in [0.5, 0.6) is 0 Å². The Morgan fingerprint density at radius 1 is 1.08 bits per heavy atom. The number of hydrogen-bond donors (Lipinski definition) is 1. The first kappa shape index (κ1) is 10.2. The van der Waals surface area contributed by atoms with Crippen LogP contribution in [0.2, 0.25) is 0 Å². The summed E-state index contributed by atoms with van der Waals surface area (Å²) in [6.45, 7) is 3.76. The highest BCUT2D eigenvalue weighted by Gasteiger charge is 2.04. The lowest BCUT2D eigenvalue weighted by atomic mass is 10.1. The zero-order chi connectivity index (χ0) is 9.84. The number of benzene rings is 1. The molecule has 0 saturated carbocycles. The van der Waals surface area contributed by atoms with Crippen molar-refractivity contribution in [2.45, 2.75) is 26.1 Å². The highest BCUT2D eigenvalue weighted by atomic mass is 16.5. The van der Waals surface area contributed by atoms with E-state index in [1.165, 1.54) is 0 Å². The van der Waals surface area contributed by atoms with E-state index in [1.807, 2.05) is 31.2 Å². The van der Waals surface area contributed by atoms with Crippen molar-refractivity contribution in [3.8, 4) is 0 Å². The van der Waals surface area contributed by atoms with E-state index < -0.39 is 6.10 Å². The summed E-state index contributed by atoms with van der Waals surface area (Å²) in [4.78, 5) is 0. The first-order valence-corrected chi connectivity index (χ1v) is 4.46. The molecule has 0 radical (unpaired) electrons.